The van der Waals surface area contributed by atoms with Crippen molar-refractivity contribution in [3.8, 4) is 5.69 Å². The number of para-hydroxylation sites is 1. The Bertz CT molecular complexity index is 1470. The number of thioether (sulfide) groups is 1. The van der Waals surface area contributed by atoms with Crippen molar-refractivity contribution in [2.24, 2.45) is 12.0 Å². The van der Waals surface area contributed by atoms with Crippen LogP contribution in [-0.2, 0) is 7.05 Å². The third-order valence-electron chi connectivity index (χ3n) is 6.14. The molecule has 0 radical (unpaired) electrons. The topological polar surface area (TPSA) is 42.5 Å². The lowest BCUT2D eigenvalue weighted by Crippen LogP contribution is -2.28. The third-order valence-corrected chi connectivity index (χ3v) is 7.36. The van der Waals surface area contributed by atoms with Gasteiger partial charge in [0.1, 0.15) is 5.37 Å². The highest BCUT2D eigenvalue weighted by atomic mass is 35.5. The molecule has 0 amide bonds. The third kappa shape index (κ3) is 4.47. The van der Waals surface area contributed by atoms with E-state index in [9.17, 15) is 4.79 Å². The molecule has 1 aromatic heterocycles. The van der Waals surface area contributed by atoms with E-state index in [0.29, 0.717) is 10.7 Å². The van der Waals surface area contributed by atoms with Crippen LogP contribution in [0.5, 0.6) is 0 Å². The summed E-state index contributed by atoms with van der Waals surface area (Å²) in [6, 6.07) is 25.9. The Morgan fingerprint density at radius 3 is 2.29 bits per heavy atom. The molecule has 2 heterocycles. The van der Waals surface area contributed by atoms with Gasteiger partial charge in [0, 0.05) is 24.0 Å². The van der Waals surface area contributed by atoms with Crippen LogP contribution < -0.4 is 10.5 Å². The molecule has 1 unspecified atom stereocenters. The van der Waals surface area contributed by atoms with E-state index in [-0.39, 0.29) is 10.9 Å². The molecular weight excluding hydrogens is 476 g/mol. The van der Waals surface area contributed by atoms with Crippen molar-refractivity contribution in [1.82, 2.24) is 9.36 Å². The van der Waals surface area contributed by atoms with E-state index in [0.717, 1.165) is 28.3 Å². The van der Waals surface area contributed by atoms with Gasteiger partial charge in [0.2, 0.25) is 0 Å². The van der Waals surface area contributed by atoms with Crippen LogP contribution >= 0.6 is 23.4 Å². The summed E-state index contributed by atoms with van der Waals surface area (Å²) in [5, 5.41) is 2.74. The van der Waals surface area contributed by atoms with Gasteiger partial charge in [0.15, 0.2) is 5.69 Å². The van der Waals surface area contributed by atoms with Gasteiger partial charge in [0.05, 0.1) is 17.1 Å². The molecule has 0 spiro atoms. The molecule has 0 aliphatic carbocycles. The van der Waals surface area contributed by atoms with Crippen molar-refractivity contribution in [2.45, 2.75) is 19.2 Å². The lowest BCUT2D eigenvalue weighted by Gasteiger charge is -2.27. The van der Waals surface area contributed by atoms with Gasteiger partial charge in [-0.25, -0.2) is 4.68 Å². The fourth-order valence-corrected chi connectivity index (χ4v) is 5.28. The van der Waals surface area contributed by atoms with Crippen molar-refractivity contribution in [1.29, 1.82) is 0 Å². The summed E-state index contributed by atoms with van der Waals surface area (Å²) >= 11 is 7.79. The molecule has 0 saturated heterocycles. The molecule has 7 heteroatoms. The number of rotatable bonds is 5. The van der Waals surface area contributed by atoms with E-state index in [1.54, 1.807) is 16.4 Å². The molecule has 1 aliphatic rings. The number of nitrogens with zero attached hydrogens (tertiary/aromatic N) is 4. The zero-order valence-electron chi connectivity index (χ0n) is 19.7. The quantitative estimate of drug-likeness (QED) is 0.285. The van der Waals surface area contributed by atoms with E-state index in [1.807, 2.05) is 79.5 Å². The van der Waals surface area contributed by atoms with Crippen molar-refractivity contribution >= 4 is 46.6 Å². The first kappa shape index (κ1) is 23.3. The van der Waals surface area contributed by atoms with Crippen molar-refractivity contribution in [3.63, 3.8) is 0 Å². The zero-order chi connectivity index (χ0) is 24.5. The number of aromatic nitrogens is 2. The Morgan fingerprint density at radius 1 is 0.914 bits per heavy atom. The molecule has 3 aromatic carbocycles. The monoisotopic (exact) mass is 500 g/mol. The van der Waals surface area contributed by atoms with Crippen LogP contribution in [0.4, 0.5) is 11.4 Å². The number of aliphatic imine (C=N–C) groups is 1. The standard InChI is InChI=1S/C28H25ClN4OS/c1-19-9-15-23(16-10-19)32-25(21-11-13-22(29)14-12-21)18-35-26(32)17-30-27-20(2)31(3)33(28(27)34)24-7-5-4-6-8-24/h4-18,26H,1-3H3. The van der Waals surface area contributed by atoms with E-state index in [2.05, 4.69) is 41.5 Å². The molecule has 0 N–H and O–H groups in total. The molecular formula is C28H25ClN4OS. The predicted molar refractivity (Wildman–Crippen MR) is 148 cm³/mol. The number of hydrogen-bond acceptors (Lipinski definition) is 4. The molecule has 5 nitrogen and oxygen atoms in total. The van der Waals surface area contributed by atoms with Crippen molar-refractivity contribution < 1.29 is 0 Å². The smallest absolute Gasteiger partial charge is 0.297 e. The van der Waals surface area contributed by atoms with Crippen LogP contribution in [0, 0.1) is 13.8 Å². The molecule has 35 heavy (non-hydrogen) atoms. The van der Waals surface area contributed by atoms with Gasteiger partial charge in [0.25, 0.3) is 5.56 Å². The Kier molecular flexibility index (Phi) is 6.41. The summed E-state index contributed by atoms with van der Waals surface area (Å²) in [6.45, 7) is 4.00. The highest BCUT2D eigenvalue weighted by Gasteiger charge is 2.28. The van der Waals surface area contributed by atoms with Gasteiger partial charge in [-0.2, -0.15) is 0 Å². The highest BCUT2D eigenvalue weighted by molar-refractivity contribution is 8.04. The molecule has 0 saturated carbocycles. The Morgan fingerprint density at radius 2 is 1.60 bits per heavy atom. The van der Waals surface area contributed by atoms with Crippen LogP contribution in [-0.4, -0.2) is 21.0 Å². The number of halogens is 1. The average molecular weight is 501 g/mol. The van der Waals surface area contributed by atoms with Gasteiger partial charge in [-0.15, -0.1) is 11.8 Å². The molecule has 1 aliphatic heterocycles. The van der Waals surface area contributed by atoms with Gasteiger partial charge in [-0.3, -0.25) is 14.5 Å². The second-order valence-electron chi connectivity index (χ2n) is 8.43. The average Bonchev–Trinajstić information content (AvgIpc) is 3.38. The van der Waals surface area contributed by atoms with Crippen LogP contribution in [0.2, 0.25) is 5.02 Å². The van der Waals surface area contributed by atoms with E-state index >= 15 is 0 Å². The van der Waals surface area contributed by atoms with Crippen molar-refractivity contribution in [2.75, 3.05) is 4.90 Å². The zero-order valence-corrected chi connectivity index (χ0v) is 21.3. The minimum atomic E-state index is -0.136. The Balaban J connectivity index is 1.52. The largest absolute Gasteiger partial charge is 0.323 e. The summed E-state index contributed by atoms with van der Waals surface area (Å²) < 4.78 is 3.50. The fourth-order valence-electron chi connectivity index (χ4n) is 4.15. The second-order valence-corrected chi connectivity index (χ2v) is 9.86. The van der Waals surface area contributed by atoms with Gasteiger partial charge in [-0.1, -0.05) is 59.6 Å². The number of anilines is 1. The van der Waals surface area contributed by atoms with E-state index in [4.69, 9.17) is 16.6 Å². The highest BCUT2D eigenvalue weighted by Crippen LogP contribution is 2.40. The Hall–Kier alpha value is -3.48. The minimum absolute atomic E-state index is 0.104. The Labute approximate surface area is 214 Å². The van der Waals surface area contributed by atoms with Gasteiger partial charge < -0.3 is 4.90 Å². The lowest BCUT2D eigenvalue weighted by molar-refractivity contribution is 0.630. The predicted octanol–water partition coefficient (Wildman–Crippen LogP) is 6.73. The van der Waals surface area contributed by atoms with Crippen molar-refractivity contribution in [3.05, 3.63) is 116 Å². The molecule has 0 bridgehead atoms. The SMILES string of the molecule is Cc1ccc(N2C(c3ccc(Cl)cc3)=CSC2C=Nc2c(C)n(C)n(-c3ccccc3)c2=O)cc1. The van der Waals surface area contributed by atoms with Gasteiger partial charge >= 0.3 is 0 Å². The van der Waals surface area contributed by atoms with Crippen LogP contribution in [0.15, 0.2) is 94.1 Å². The maximum absolute atomic E-state index is 13.3. The van der Waals surface area contributed by atoms with Crippen LogP contribution in [0.1, 0.15) is 16.8 Å². The molecule has 1 atom stereocenters. The maximum Gasteiger partial charge on any atom is 0.297 e. The molecule has 5 rings (SSSR count). The normalized spacial score (nSPS) is 15.7. The number of benzene rings is 3. The molecule has 176 valence electrons. The van der Waals surface area contributed by atoms with Crippen LogP contribution in [0.25, 0.3) is 11.4 Å². The lowest BCUT2D eigenvalue weighted by atomic mass is 10.1. The summed E-state index contributed by atoms with van der Waals surface area (Å²) in [7, 11) is 1.88. The first-order chi connectivity index (χ1) is 16.9. The number of hydrogen-bond donors (Lipinski definition) is 0. The maximum atomic E-state index is 13.3. The van der Waals surface area contributed by atoms with E-state index in [1.165, 1.54) is 5.56 Å². The summed E-state index contributed by atoms with van der Waals surface area (Å²) in [5.74, 6) is 0. The number of aryl methyl sites for hydroxylation is 1. The molecule has 4 aromatic rings. The fraction of sp³-hybridized carbons (Fsp3) is 0.143. The minimum Gasteiger partial charge on any atom is -0.323 e. The van der Waals surface area contributed by atoms with Gasteiger partial charge in [-0.05, 0) is 61.2 Å². The first-order valence-corrected chi connectivity index (χ1v) is 12.6. The summed E-state index contributed by atoms with van der Waals surface area (Å²) in [4.78, 5) is 20.3. The summed E-state index contributed by atoms with van der Waals surface area (Å²) in [6.07, 6.45) is 1.86. The second kappa shape index (κ2) is 9.64. The molecule has 0 fully saturated rings. The van der Waals surface area contributed by atoms with E-state index < -0.39 is 0 Å². The van der Waals surface area contributed by atoms with Crippen LogP contribution in [0.3, 0.4) is 0 Å². The first-order valence-electron chi connectivity index (χ1n) is 11.3. The summed E-state index contributed by atoms with van der Waals surface area (Å²) in [5.41, 5.74) is 6.33.